The summed E-state index contributed by atoms with van der Waals surface area (Å²) in [4.78, 5) is 26.5. The first-order chi connectivity index (χ1) is 9.58. The van der Waals surface area contributed by atoms with Crippen molar-refractivity contribution in [3.63, 3.8) is 0 Å². The lowest BCUT2D eigenvalue weighted by atomic mass is 9.93. The van der Waals surface area contributed by atoms with Gasteiger partial charge in [-0.3, -0.25) is 4.79 Å². The summed E-state index contributed by atoms with van der Waals surface area (Å²) in [5.41, 5.74) is 0. The number of carboxylic acids is 1. The second-order valence-corrected chi connectivity index (χ2v) is 5.29. The Hall–Kier alpha value is -1.70. The molecule has 1 aliphatic heterocycles. The van der Waals surface area contributed by atoms with Crippen LogP contribution in [0.5, 0.6) is 0 Å². The predicted molar refractivity (Wildman–Crippen MR) is 77.3 cm³/mol. The minimum Gasteiger partial charge on any atom is -0.481 e. The molecule has 20 heavy (non-hydrogen) atoms. The molecule has 1 heterocycles. The largest absolute Gasteiger partial charge is 0.481 e. The molecule has 0 saturated carbocycles. The quantitative estimate of drug-likeness (QED) is 0.757. The van der Waals surface area contributed by atoms with Crippen LogP contribution in [0.15, 0.2) is 0 Å². The Morgan fingerprint density at radius 1 is 1.50 bits per heavy atom. The van der Waals surface area contributed by atoms with E-state index in [1.807, 2.05) is 11.8 Å². The van der Waals surface area contributed by atoms with Crippen LogP contribution in [0.25, 0.3) is 0 Å². The summed E-state index contributed by atoms with van der Waals surface area (Å²) in [6.45, 7) is 4.41. The summed E-state index contributed by atoms with van der Waals surface area (Å²) in [6, 6.07) is -0.00942. The van der Waals surface area contributed by atoms with Crippen LogP contribution in [0, 0.1) is 18.3 Å². The smallest absolute Gasteiger partial charge is 0.320 e. The van der Waals surface area contributed by atoms with Crippen molar-refractivity contribution in [3.05, 3.63) is 0 Å². The van der Waals surface area contributed by atoms with Crippen LogP contribution >= 0.6 is 0 Å². The first-order valence-electron chi connectivity index (χ1n) is 7.27. The standard InChI is InChI=1S/C15H24N2O3/c1-3-9-16(10-4-2)15(20)17-11-5-6-13(12-17)7-8-14(18)19/h1,13H,4-12H2,2H3,(H,18,19). The second-order valence-electron chi connectivity index (χ2n) is 5.29. The fraction of sp³-hybridized carbons (Fsp3) is 0.733. The molecule has 0 radical (unpaired) electrons. The number of rotatable bonds is 6. The van der Waals surface area contributed by atoms with E-state index >= 15 is 0 Å². The third-order valence-corrected chi connectivity index (χ3v) is 3.60. The van der Waals surface area contributed by atoms with Gasteiger partial charge in [0.2, 0.25) is 0 Å². The average Bonchev–Trinajstić information content (AvgIpc) is 2.44. The molecule has 5 nitrogen and oxygen atoms in total. The number of likely N-dealkylation sites (tertiary alicyclic amines) is 1. The normalized spacial score (nSPS) is 18.4. The van der Waals surface area contributed by atoms with E-state index in [-0.39, 0.29) is 18.4 Å². The first-order valence-corrected chi connectivity index (χ1v) is 7.27. The summed E-state index contributed by atoms with van der Waals surface area (Å²) in [5.74, 6) is 2.04. The van der Waals surface area contributed by atoms with Gasteiger partial charge in [-0.05, 0) is 31.6 Å². The molecule has 0 bridgehead atoms. The Bertz CT molecular complexity index is 376. The highest BCUT2D eigenvalue weighted by atomic mass is 16.4. The maximum absolute atomic E-state index is 12.4. The highest BCUT2D eigenvalue weighted by molar-refractivity contribution is 5.75. The molecule has 0 aliphatic carbocycles. The van der Waals surface area contributed by atoms with Crippen molar-refractivity contribution in [1.82, 2.24) is 9.80 Å². The van der Waals surface area contributed by atoms with Crippen LogP contribution in [-0.4, -0.2) is 53.1 Å². The molecule has 1 saturated heterocycles. The Labute approximate surface area is 120 Å². The maximum atomic E-state index is 12.4. The maximum Gasteiger partial charge on any atom is 0.320 e. The zero-order chi connectivity index (χ0) is 15.0. The molecule has 0 aromatic rings. The van der Waals surface area contributed by atoms with Crippen molar-refractivity contribution in [2.24, 2.45) is 5.92 Å². The molecule has 112 valence electrons. The van der Waals surface area contributed by atoms with Gasteiger partial charge in [-0.2, -0.15) is 0 Å². The van der Waals surface area contributed by atoms with Crippen LogP contribution < -0.4 is 0 Å². The molecule has 1 fully saturated rings. The summed E-state index contributed by atoms with van der Waals surface area (Å²) >= 11 is 0. The fourth-order valence-electron chi connectivity index (χ4n) is 2.62. The van der Waals surface area contributed by atoms with Gasteiger partial charge in [0, 0.05) is 26.1 Å². The molecule has 0 spiro atoms. The lowest BCUT2D eigenvalue weighted by Crippen LogP contribution is -2.48. The van der Waals surface area contributed by atoms with E-state index in [0.29, 0.717) is 26.1 Å². The van der Waals surface area contributed by atoms with E-state index < -0.39 is 5.97 Å². The van der Waals surface area contributed by atoms with E-state index in [4.69, 9.17) is 11.5 Å². The van der Waals surface area contributed by atoms with Crippen LogP contribution in [0.4, 0.5) is 4.79 Å². The van der Waals surface area contributed by atoms with Gasteiger partial charge in [0.05, 0.1) is 6.54 Å². The topological polar surface area (TPSA) is 60.9 Å². The summed E-state index contributed by atoms with van der Waals surface area (Å²) in [7, 11) is 0. The van der Waals surface area contributed by atoms with Crippen LogP contribution in [0.3, 0.4) is 0 Å². The minimum absolute atomic E-state index is 0.00942. The van der Waals surface area contributed by atoms with Gasteiger partial charge in [0.1, 0.15) is 0 Å². The molecule has 1 atom stereocenters. The molecule has 1 unspecified atom stereocenters. The lowest BCUT2D eigenvalue weighted by Gasteiger charge is -2.36. The van der Waals surface area contributed by atoms with Gasteiger partial charge in [0.15, 0.2) is 0 Å². The van der Waals surface area contributed by atoms with Gasteiger partial charge >= 0.3 is 12.0 Å². The summed E-state index contributed by atoms with van der Waals surface area (Å²) < 4.78 is 0. The number of urea groups is 1. The number of amides is 2. The number of hydrogen-bond acceptors (Lipinski definition) is 2. The molecule has 0 aromatic carbocycles. The van der Waals surface area contributed by atoms with Crippen LogP contribution in [0.1, 0.15) is 39.0 Å². The highest BCUT2D eigenvalue weighted by Gasteiger charge is 2.26. The van der Waals surface area contributed by atoms with Crippen molar-refractivity contribution in [1.29, 1.82) is 0 Å². The van der Waals surface area contributed by atoms with E-state index in [0.717, 1.165) is 25.8 Å². The van der Waals surface area contributed by atoms with E-state index in [1.54, 1.807) is 4.90 Å². The zero-order valence-electron chi connectivity index (χ0n) is 12.2. The minimum atomic E-state index is -0.770. The summed E-state index contributed by atoms with van der Waals surface area (Å²) in [6.07, 6.45) is 8.94. The van der Waals surface area contributed by atoms with Crippen molar-refractivity contribution >= 4 is 12.0 Å². The van der Waals surface area contributed by atoms with E-state index in [2.05, 4.69) is 5.92 Å². The molecular weight excluding hydrogens is 256 g/mol. The predicted octanol–water partition coefficient (Wildman–Crippen LogP) is 2.03. The van der Waals surface area contributed by atoms with Gasteiger partial charge in [0.25, 0.3) is 0 Å². The number of terminal acetylenes is 1. The molecule has 5 heteroatoms. The number of piperidine rings is 1. The van der Waals surface area contributed by atoms with E-state index in [9.17, 15) is 9.59 Å². The first kappa shape index (κ1) is 16.4. The van der Waals surface area contributed by atoms with Crippen molar-refractivity contribution in [2.45, 2.75) is 39.0 Å². The van der Waals surface area contributed by atoms with Crippen molar-refractivity contribution in [2.75, 3.05) is 26.2 Å². The number of carboxylic acid groups (broad SMARTS) is 1. The number of hydrogen-bond donors (Lipinski definition) is 1. The fourth-order valence-corrected chi connectivity index (χ4v) is 2.62. The molecular formula is C15H24N2O3. The number of aliphatic carboxylic acids is 1. The SMILES string of the molecule is C#CCN(CCC)C(=O)N1CCCC(CCC(=O)O)C1. The monoisotopic (exact) mass is 280 g/mol. The lowest BCUT2D eigenvalue weighted by molar-refractivity contribution is -0.137. The van der Waals surface area contributed by atoms with Gasteiger partial charge in [-0.25, -0.2) is 4.79 Å². The average molecular weight is 280 g/mol. The third kappa shape index (κ3) is 5.12. The Morgan fingerprint density at radius 3 is 2.85 bits per heavy atom. The Kier molecular flexibility index (Phi) is 6.92. The number of carbonyl (C=O) groups is 2. The van der Waals surface area contributed by atoms with Crippen LogP contribution in [-0.2, 0) is 4.79 Å². The Morgan fingerprint density at radius 2 is 2.25 bits per heavy atom. The second kappa shape index (κ2) is 8.47. The molecule has 1 rings (SSSR count). The Balaban J connectivity index is 2.54. The van der Waals surface area contributed by atoms with Gasteiger partial charge in [-0.1, -0.05) is 12.8 Å². The highest BCUT2D eigenvalue weighted by Crippen LogP contribution is 2.22. The van der Waals surface area contributed by atoms with Crippen molar-refractivity contribution in [3.8, 4) is 12.3 Å². The van der Waals surface area contributed by atoms with Gasteiger partial charge < -0.3 is 14.9 Å². The van der Waals surface area contributed by atoms with Crippen LogP contribution in [0.2, 0.25) is 0 Å². The third-order valence-electron chi connectivity index (χ3n) is 3.60. The molecule has 0 aromatic heterocycles. The number of carbonyl (C=O) groups excluding carboxylic acids is 1. The summed E-state index contributed by atoms with van der Waals surface area (Å²) in [5, 5.41) is 8.74. The molecule has 2 amide bonds. The van der Waals surface area contributed by atoms with Gasteiger partial charge in [-0.15, -0.1) is 6.42 Å². The zero-order valence-corrected chi connectivity index (χ0v) is 12.2. The molecule has 1 N–H and O–H groups in total. The van der Waals surface area contributed by atoms with Crippen molar-refractivity contribution < 1.29 is 14.7 Å². The van der Waals surface area contributed by atoms with E-state index in [1.165, 1.54) is 0 Å². The molecule has 1 aliphatic rings. The number of nitrogens with zero attached hydrogens (tertiary/aromatic N) is 2.